The summed E-state index contributed by atoms with van der Waals surface area (Å²) in [5.74, 6) is 0.304. The molecule has 0 spiro atoms. The number of aryl methyl sites for hydroxylation is 1. The quantitative estimate of drug-likeness (QED) is 0.816. The summed E-state index contributed by atoms with van der Waals surface area (Å²) in [7, 11) is 0. The molecule has 92 valence electrons. The number of carbonyl (C=O) groups excluding carboxylic acids is 1. The van der Waals surface area contributed by atoms with E-state index in [0.717, 1.165) is 5.56 Å². The molecule has 2 aromatic rings. The first-order chi connectivity index (χ1) is 8.56. The summed E-state index contributed by atoms with van der Waals surface area (Å²) in [5.41, 5.74) is 1.42. The second-order valence-corrected chi connectivity index (χ2v) is 5.00. The van der Waals surface area contributed by atoms with E-state index < -0.39 is 0 Å². The highest BCUT2D eigenvalue weighted by Crippen LogP contribution is 2.21. The number of phenolic OH excluding ortho intramolecular Hbond substituents is 1. The Balaban J connectivity index is 2.19. The smallest absolute Gasteiger partial charge is 0.256 e. The number of carbonyl (C=O) groups is 1. The van der Waals surface area contributed by atoms with Gasteiger partial charge in [-0.1, -0.05) is 0 Å². The molecular formula is C13H11IN2O2. The fourth-order valence-corrected chi connectivity index (χ4v) is 1.78. The molecule has 1 aromatic carbocycles. The van der Waals surface area contributed by atoms with Crippen LogP contribution in [0.1, 0.15) is 15.9 Å². The fraction of sp³-hybridized carbons (Fsp3) is 0.0769. The van der Waals surface area contributed by atoms with Gasteiger partial charge in [-0.2, -0.15) is 0 Å². The molecule has 4 nitrogen and oxygen atoms in total. The predicted octanol–water partition coefficient (Wildman–Crippen LogP) is 2.95. The van der Waals surface area contributed by atoms with Crippen molar-refractivity contribution in [2.75, 3.05) is 5.32 Å². The van der Waals surface area contributed by atoms with Crippen molar-refractivity contribution >= 4 is 34.3 Å². The lowest BCUT2D eigenvalue weighted by Crippen LogP contribution is -2.12. The zero-order chi connectivity index (χ0) is 13.1. The number of benzene rings is 1. The van der Waals surface area contributed by atoms with Crippen molar-refractivity contribution in [3.8, 4) is 5.75 Å². The Morgan fingerprint density at radius 3 is 2.78 bits per heavy atom. The Labute approximate surface area is 118 Å². The van der Waals surface area contributed by atoms with Crippen LogP contribution in [0.15, 0.2) is 36.5 Å². The van der Waals surface area contributed by atoms with Gasteiger partial charge >= 0.3 is 0 Å². The zero-order valence-corrected chi connectivity index (χ0v) is 11.8. The summed E-state index contributed by atoms with van der Waals surface area (Å²) in [4.78, 5) is 16.0. The van der Waals surface area contributed by atoms with Crippen LogP contribution in [-0.4, -0.2) is 16.0 Å². The maximum Gasteiger partial charge on any atom is 0.256 e. The molecule has 18 heavy (non-hydrogen) atoms. The molecule has 0 radical (unpaired) electrons. The summed E-state index contributed by atoms with van der Waals surface area (Å²) in [6.07, 6.45) is 1.64. The normalized spacial score (nSPS) is 10.1. The molecule has 0 aliphatic heterocycles. The number of nitrogens with one attached hydrogen (secondary N) is 1. The highest BCUT2D eigenvalue weighted by molar-refractivity contribution is 14.1. The van der Waals surface area contributed by atoms with Gasteiger partial charge in [-0.3, -0.25) is 4.79 Å². The molecule has 0 fully saturated rings. The second-order valence-electron chi connectivity index (χ2n) is 3.84. The minimum atomic E-state index is -0.292. The number of pyridine rings is 1. The largest absolute Gasteiger partial charge is 0.507 e. The van der Waals surface area contributed by atoms with Crippen LogP contribution in [0.4, 0.5) is 5.82 Å². The number of aromatic nitrogens is 1. The molecule has 0 bridgehead atoms. The number of anilines is 1. The van der Waals surface area contributed by atoms with Gasteiger partial charge in [0.1, 0.15) is 11.6 Å². The van der Waals surface area contributed by atoms with Gasteiger partial charge in [0, 0.05) is 11.8 Å². The van der Waals surface area contributed by atoms with E-state index in [9.17, 15) is 9.90 Å². The van der Waals surface area contributed by atoms with Crippen LogP contribution < -0.4 is 5.32 Å². The minimum Gasteiger partial charge on any atom is -0.507 e. The van der Waals surface area contributed by atoms with Crippen molar-refractivity contribution < 1.29 is 9.90 Å². The van der Waals surface area contributed by atoms with Crippen LogP contribution in [0.5, 0.6) is 5.75 Å². The van der Waals surface area contributed by atoms with E-state index in [1.807, 2.05) is 35.6 Å². The predicted molar refractivity (Wildman–Crippen MR) is 77.8 cm³/mol. The third kappa shape index (κ3) is 2.98. The van der Waals surface area contributed by atoms with Crippen molar-refractivity contribution in [3.63, 3.8) is 0 Å². The summed E-state index contributed by atoms with van der Waals surface area (Å²) >= 11 is 2.00. The van der Waals surface area contributed by atoms with Gasteiger partial charge in [0.2, 0.25) is 0 Å². The van der Waals surface area contributed by atoms with Crippen molar-refractivity contribution in [2.24, 2.45) is 0 Å². The van der Waals surface area contributed by atoms with E-state index in [-0.39, 0.29) is 11.7 Å². The Morgan fingerprint density at radius 2 is 2.11 bits per heavy atom. The number of amides is 1. The Bertz CT molecular complexity index is 599. The topological polar surface area (TPSA) is 62.2 Å². The lowest BCUT2D eigenvalue weighted by atomic mass is 10.2. The number of halogens is 1. The van der Waals surface area contributed by atoms with Crippen LogP contribution >= 0.6 is 22.6 Å². The van der Waals surface area contributed by atoms with Gasteiger partial charge in [-0.05, 0) is 65.4 Å². The summed E-state index contributed by atoms with van der Waals surface area (Å²) in [6.45, 7) is 1.92. The molecule has 2 rings (SSSR count). The molecule has 0 saturated heterocycles. The van der Waals surface area contributed by atoms with Crippen molar-refractivity contribution in [2.45, 2.75) is 6.92 Å². The molecule has 0 atom stereocenters. The Kier molecular flexibility index (Phi) is 3.81. The SMILES string of the molecule is Cc1ccnc(NC(=O)c2ccc(I)c(O)c2)c1. The zero-order valence-electron chi connectivity index (χ0n) is 9.64. The van der Waals surface area contributed by atoms with Crippen LogP contribution in [0.25, 0.3) is 0 Å². The van der Waals surface area contributed by atoms with Crippen LogP contribution in [0.3, 0.4) is 0 Å². The number of rotatable bonds is 2. The molecule has 1 aromatic heterocycles. The fourth-order valence-electron chi connectivity index (χ4n) is 1.45. The van der Waals surface area contributed by atoms with E-state index in [0.29, 0.717) is 15.0 Å². The molecule has 0 aliphatic carbocycles. The molecule has 0 aliphatic rings. The molecule has 5 heteroatoms. The lowest BCUT2D eigenvalue weighted by Gasteiger charge is -2.06. The third-order valence-corrected chi connectivity index (χ3v) is 3.28. The molecule has 0 saturated carbocycles. The van der Waals surface area contributed by atoms with Gasteiger partial charge in [-0.15, -0.1) is 0 Å². The molecular weight excluding hydrogens is 343 g/mol. The molecule has 1 amide bonds. The average Bonchev–Trinajstić information content (AvgIpc) is 2.32. The van der Waals surface area contributed by atoms with Crippen molar-refractivity contribution in [3.05, 3.63) is 51.2 Å². The highest BCUT2D eigenvalue weighted by Gasteiger charge is 2.09. The highest BCUT2D eigenvalue weighted by atomic mass is 127. The maximum absolute atomic E-state index is 11.9. The molecule has 2 N–H and O–H groups in total. The Morgan fingerprint density at radius 1 is 1.33 bits per heavy atom. The van der Waals surface area contributed by atoms with Gasteiger partial charge in [0.15, 0.2) is 0 Å². The number of phenols is 1. The standard InChI is InChI=1S/C13H11IN2O2/c1-8-4-5-15-12(6-8)16-13(18)9-2-3-10(14)11(17)7-9/h2-7,17H,1H3,(H,15,16,18). The van der Waals surface area contributed by atoms with E-state index in [1.165, 1.54) is 6.07 Å². The van der Waals surface area contributed by atoms with Crippen molar-refractivity contribution in [1.29, 1.82) is 0 Å². The van der Waals surface area contributed by atoms with Crippen molar-refractivity contribution in [1.82, 2.24) is 4.98 Å². The first kappa shape index (κ1) is 12.8. The van der Waals surface area contributed by atoms with Gasteiger partial charge in [0.05, 0.1) is 3.57 Å². The number of hydrogen-bond donors (Lipinski definition) is 2. The monoisotopic (exact) mass is 354 g/mol. The van der Waals surface area contributed by atoms with Crippen LogP contribution in [0, 0.1) is 10.5 Å². The first-order valence-corrected chi connectivity index (χ1v) is 6.36. The van der Waals surface area contributed by atoms with Crippen LogP contribution in [0.2, 0.25) is 0 Å². The third-order valence-electron chi connectivity index (χ3n) is 2.37. The number of aromatic hydroxyl groups is 1. The first-order valence-electron chi connectivity index (χ1n) is 5.29. The minimum absolute atomic E-state index is 0.0976. The number of nitrogens with zero attached hydrogens (tertiary/aromatic N) is 1. The number of hydrogen-bond acceptors (Lipinski definition) is 3. The Hall–Kier alpha value is -1.63. The van der Waals surface area contributed by atoms with Crippen LogP contribution in [-0.2, 0) is 0 Å². The summed E-state index contributed by atoms with van der Waals surface area (Å²) < 4.78 is 0.706. The average molecular weight is 354 g/mol. The lowest BCUT2D eigenvalue weighted by molar-refractivity contribution is 0.102. The van der Waals surface area contributed by atoms with Gasteiger partial charge < -0.3 is 10.4 Å². The summed E-state index contributed by atoms with van der Waals surface area (Å²) in [6, 6.07) is 8.42. The van der Waals surface area contributed by atoms with E-state index >= 15 is 0 Å². The van der Waals surface area contributed by atoms with E-state index in [4.69, 9.17) is 0 Å². The van der Waals surface area contributed by atoms with E-state index in [2.05, 4.69) is 10.3 Å². The molecule has 1 heterocycles. The molecule has 0 unspecified atom stereocenters. The maximum atomic E-state index is 11.9. The summed E-state index contributed by atoms with van der Waals surface area (Å²) in [5, 5.41) is 12.2. The van der Waals surface area contributed by atoms with E-state index in [1.54, 1.807) is 24.4 Å². The second kappa shape index (κ2) is 5.34. The van der Waals surface area contributed by atoms with Gasteiger partial charge in [-0.25, -0.2) is 4.98 Å². The van der Waals surface area contributed by atoms with Gasteiger partial charge in [0.25, 0.3) is 5.91 Å².